The zero-order chi connectivity index (χ0) is 21.9. The van der Waals surface area contributed by atoms with Gasteiger partial charge in [-0.3, -0.25) is 0 Å². The summed E-state index contributed by atoms with van der Waals surface area (Å²) in [6.45, 7) is -0.587. The van der Waals surface area contributed by atoms with E-state index in [1.165, 1.54) is 0 Å². The third-order valence-corrected chi connectivity index (χ3v) is 9.85. The second-order valence-electron chi connectivity index (χ2n) is 7.57. The van der Waals surface area contributed by atoms with E-state index in [1.54, 1.807) is 0 Å². The number of rotatable bonds is 4. The van der Waals surface area contributed by atoms with E-state index in [2.05, 4.69) is 11.5 Å². The molecule has 1 aliphatic rings. The minimum absolute atomic E-state index is 0.587. The Morgan fingerprint density at radius 2 is 1.19 bits per heavy atom. The van der Waals surface area contributed by atoms with Crippen molar-refractivity contribution in [3.8, 4) is 11.5 Å². The molecular weight excluding hydrogens is 408 g/mol. The minimum Gasteiger partial charge on any atom is -0.394 e. The molecule has 5 nitrogen and oxygen atoms in total. The van der Waals surface area contributed by atoms with Crippen molar-refractivity contribution in [2.24, 2.45) is 0 Å². The summed E-state index contributed by atoms with van der Waals surface area (Å²) in [5.41, 5.74) is 1.25. The van der Waals surface area contributed by atoms with Gasteiger partial charge in [-0.15, -0.1) is 5.54 Å². The van der Waals surface area contributed by atoms with Crippen LogP contribution in [0.15, 0.2) is 91.0 Å². The molecule has 4 N–H and O–H groups in total. The lowest BCUT2D eigenvalue weighted by Crippen LogP contribution is -2.67. The van der Waals surface area contributed by atoms with Gasteiger partial charge in [0.15, 0.2) is 11.9 Å². The van der Waals surface area contributed by atoms with Crippen LogP contribution >= 0.6 is 0 Å². The maximum atomic E-state index is 11.1. The van der Waals surface area contributed by atoms with E-state index in [9.17, 15) is 20.4 Å². The summed E-state index contributed by atoms with van der Waals surface area (Å²) in [7, 11) is -2.98. The predicted molar refractivity (Wildman–Crippen MR) is 121 cm³/mol. The summed E-state index contributed by atoms with van der Waals surface area (Å²) in [5, 5.41) is 44.2. The smallest absolute Gasteiger partial charge is 0.229 e. The lowest BCUT2D eigenvalue weighted by molar-refractivity contribution is -0.132. The molecule has 0 aromatic heterocycles. The zero-order valence-corrected chi connectivity index (χ0v) is 17.8. The molecule has 0 saturated carbocycles. The molecule has 0 radical (unpaired) electrons. The Morgan fingerprint density at radius 1 is 0.774 bits per heavy atom. The van der Waals surface area contributed by atoms with Gasteiger partial charge in [-0.2, -0.15) is 0 Å². The summed E-state index contributed by atoms with van der Waals surface area (Å²) in [6, 6.07) is 29.6. The molecule has 3 aromatic rings. The van der Waals surface area contributed by atoms with E-state index >= 15 is 0 Å². The van der Waals surface area contributed by atoms with Gasteiger partial charge in [0.1, 0.15) is 12.2 Å². The highest BCUT2D eigenvalue weighted by Crippen LogP contribution is 2.29. The number of aliphatic hydroxyl groups is 4. The van der Waals surface area contributed by atoms with E-state index < -0.39 is 38.8 Å². The first-order valence-corrected chi connectivity index (χ1v) is 12.1. The summed E-state index contributed by atoms with van der Waals surface area (Å²) < 4.78 is 5.14. The summed E-state index contributed by atoms with van der Waals surface area (Å²) in [5.74, 6) is 2.85. The summed E-state index contributed by atoms with van der Waals surface area (Å²) in [4.78, 5) is 0. The first kappa shape index (κ1) is 21.5. The molecule has 1 heterocycles. The van der Waals surface area contributed by atoms with Crippen LogP contribution in [-0.2, 0) is 4.74 Å². The molecule has 3 aromatic carbocycles. The van der Waals surface area contributed by atoms with Crippen LogP contribution in [0.2, 0.25) is 0 Å². The molecule has 4 rings (SSSR count). The molecule has 1 fully saturated rings. The number of hydrogen-bond acceptors (Lipinski definition) is 5. The summed E-state index contributed by atoms with van der Waals surface area (Å²) >= 11 is 0. The molecule has 6 heteroatoms. The van der Waals surface area contributed by atoms with Crippen molar-refractivity contribution >= 4 is 23.6 Å². The first-order valence-electron chi connectivity index (χ1n) is 10.1. The molecule has 0 amide bonds. The molecule has 1 aliphatic heterocycles. The molecular formula is C25H24O5Si. The predicted octanol–water partition coefficient (Wildman–Crippen LogP) is -0.499. The number of benzene rings is 3. The van der Waals surface area contributed by atoms with Crippen molar-refractivity contribution in [1.82, 2.24) is 0 Å². The van der Waals surface area contributed by atoms with Crippen LogP contribution in [0.25, 0.3) is 0 Å². The van der Waals surface area contributed by atoms with Crippen molar-refractivity contribution in [3.63, 3.8) is 0 Å². The third kappa shape index (κ3) is 3.73. The van der Waals surface area contributed by atoms with Gasteiger partial charge in [0, 0.05) is 0 Å². The van der Waals surface area contributed by atoms with Crippen LogP contribution in [0.3, 0.4) is 0 Å². The van der Waals surface area contributed by atoms with E-state index in [1.807, 2.05) is 91.0 Å². The highest BCUT2D eigenvalue weighted by molar-refractivity contribution is 7.16. The van der Waals surface area contributed by atoms with Crippen LogP contribution < -0.4 is 15.6 Å². The minimum atomic E-state index is -2.98. The molecule has 0 aliphatic carbocycles. The number of hydrogen-bond donors (Lipinski definition) is 4. The topological polar surface area (TPSA) is 90.2 Å². The van der Waals surface area contributed by atoms with Crippen molar-refractivity contribution in [2.75, 3.05) is 6.61 Å². The normalized spacial score (nSPS) is 25.6. The van der Waals surface area contributed by atoms with E-state index in [-0.39, 0.29) is 0 Å². The largest absolute Gasteiger partial charge is 0.394 e. The van der Waals surface area contributed by atoms with E-state index in [4.69, 9.17) is 4.74 Å². The lowest BCUT2D eigenvalue weighted by atomic mass is 9.94. The van der Waals surface area contributed by atoms with Gasteiger partial charge in [-0.05, 0) is 15.6 Å². The molecule has 0 bridgehead atoms. The Balaban J connectivity index is 2.00. The van der Waals surface area contributed by atoms with Crippen molar-refractivity contribution < 1.29 is 25.2 Å². The van der Waals surface area contributed by atoms with Gasteiger partial charge in [0.05, 0.1) is 6.61 Å². The monoisotopic (exact) mass is 432 g/mol. The van der Waals surface area contributed by atoms with Gasteiger partial charge >= 0.3 is 0 Å². The average Bonchev–Trinajstić information content (AvgIpc) is 3.05. The average molecular weight is 433 g/mol. The van der Waals surface area contributed by atoms with E-state index in [0.29, 0.717) is 0 Å². The van der Waals surface area contributed by atoms with Crippen molar-refractivity contribution in [3.05, 3.63) is 91.0 Å². The van der Waals surface area contributed by atoms with Gasteiger partial charge in [-0.25, -0.2) is 0 Å². The number of aliphatic hydroxyl groups excluding tert-OH is 3. The van der Waals surface area contributed by atoms with E-state index in [0.717, 1.165) is 15.6 Å². The quantitative estimate of drug-likeness (QED) is 0.254. The Morgan fingerprint density at radius 3 is 1.58 bits per heavy atom. The second kappa shape index (κ2) is 8.77. The van der Waals surface area contributed by atoms with Crippen LogP contribution in [0.4, 0.5) is 0 Å². The van der Waals surface area contributed by atoms with Crippen LogP contribution in [0.5, 0.6) is 0 Å². The van der Waals surface area contributed by atoms with Gasteiger partial charge in [0.25, 0.3) is 0 Å². The van der Waals surface area contributed by atoms with Gasteiger partial charge in [0.2, 0.25) is 8.07 Å². The first-order chi connectivity index (χ1) is 15.0. The standard InChI is InChI=1S/C25H24O5Si/c26-18-22-25(29,23(27)24(28)30-22)16-17-31(19-10-4-1-5-11-19,20-12-6-2-7-13-20)21-14-8-3-9-15-21/h1-15,22-24,26-29H,18H2/t22-,23+,24-,25-/m1/s1. The molecule has 4 atom stereocenters. The van der Waals surface area contributed by atoms with Gasteiger partial charge in [-0.1, -0.05) is 96.9 Å². The van der Waals surface area contributed by atoms with Crippen LogP contribution in [-0.4, -0.2) is 59.2 Å². The maximum absolute atomic E-state index is 11.1. The highest BCUT2D eigenvalue weighted by Gasteiger charge is 2.54. The van der Waals surface area contributed by atoms with Gasteiger partial charge < -0.3 is 25.2 Å². The molecule has 31 heavy (non-hydrogen) atoms. The Labute approximate surface area is 182 Å². The molecule has 0 spiro atoms. The molecule has 158 valence electrons. The summed E-state index contributed by atoms with van der Waals surface area (Å²) in [6.07, 6.45) is -4.51. The molecule has 1 saturated heterocycles. The Bertz CT molecular complexity index is 968. The fraction of sp³-hybridized carbons (Fsp3) is 0.200. The van der Waals surface area contributed by atoms with Crippen molar-refractivity contribution in [1.29, 1.82) is 0 Å². The number of ether oxygens (including phenoxy) is 1. The highest BCUT2D eigenvalue weighted by atomic mass is 28.3. The fourth-order valence-electron chi connectivity index (χ4n) is 4.07. The maximum Gasteiger partial charge on any atom is 0.229 e. The van der Waals surface area contributed by atoms with Crippen LogP contribution in [0, 0.1) is 11.5 Å². The zero-order valence-electron chi connectivity index (χ0n) is 16.8. The SMILES string of the molecule is OC[C@H]1O[C@@H](O)[C@H](O)[C@@]1(O)C#C[Si](c1ccccc1)(c1ccccc1)c1ccccc1. The fourth-order valence-corrected chi connectivity index (χ4v) is 7.96. The lowest BCUT2D eigenvalue weighted by Gasteiger charge is -2.30. The molecule has 0 unspecified atom stereocenters. The second-order valence-corrected chi connectivity index (χ2v) is 11.0. The Kier molecular flexibility index (Phi) is 6.07. The third-order valence-electron chi connectivity index (χ3n) is 5.75. The Hall–Kier alpha value is -2.76. The van der Waals surface area contributed by atoms with Crippen LogP contribution in [0.1, 0.15) is 0 Å². The van der Waals surface area contributed by atoms with Crippen molar-refractivity contribution in [2.45, 2.75) is 24.1 Å².